The molecule has 2 aliphatic heterocycles. The number of morpholine rings is 1. The molecule has 1 N–H and O–H groups in total. The minimum atomic E-state index is -4.37. The number of anilines is 3. The van der Waals surface area contributed by atoms with Gasteiger partial charge in [-0.05, 0) is 31.0 Å². The Labute approximate surface area is 166 Å². The first kappa shape index (κ1) is 19.7. The van der Waals surface area contributed by atoms with Crippen molar-refractivity contribution in [3.05, 3.63) is 36.2 Å². The predicted octanol–water partition coefficient (Wildman–Crippen LogP) is 2.81. The average Bonchev–Trinajstić information content (AvgIpc) is 2.74. The zero-order valence-corrected chi connectivity index (χ0v) is 15.9. The maximum atomic E-state index is 12.7. The fourth-order valence-electron chi connectivity index (χ4n) is 3.60. The minimum Gasteiger partial charge on any atom is -0.378 e. The first-order valence-corrected chi connectivity index (χ1v) is 9.69. The molecule has 0 amide bonds. The van der Waals surface area contributed by atoms with Crippen LogP contribution in [0.4, 0.5) is 30.8 Å². The standard InChI is InChI=1S/C19H23F3N6O/c20-19(21,22)14-3-4-17(24-12-14)28-7-1-2-15(13-28)25-16-5-6-23-18(26-16)27-8-10-29-11-9-27/h3-6,12,15H,1-2,7-11,13H2,(H,23,25,26). The van der Waals surface area contributed by atoms with E-state index in [1.165, 1.54) is 6.07 Å². The van der Waals surface area contributed by atoms with Crippen molar-refractivity contribution in [1.82, 2.24) is 15.0 Å². The molecule has 0 aliphatic carbocycles. The number of nitrogens with one attached hydrogen (secondary N) is 1. The fraction of sp³-hybridized carbons (Fsp3) is 0.526. The van der Waals surface area contributed by atoms with E-state index in [0.717, 1.165) is 50.6 Å². The molecule has 7 nitrogen and oxygen atoms in total. The Hall–Kier alpha value is -2.62. The van der Waals surface area contributed by atoms with Crippen molar-refractivity contribution in [1.29, 1.82) is 0 Å². The van der Waals surface area contributed by atoms with Crippen LogP contribution in [0.25, 0.3) is 0 Å². The van der Waals surface area contributed by atoms with Gasteiger partial charge in [0.15, 0.2) is 0 Å². The highest BCUT2D eigenvalue weighted by atomic mass is 19.4. The largest absolute Gasteiger partial charge is 0.417 e. The summed E-state index contributed by atoms with van der Waals surface area (Å²) in [4.78, 5) is 17.1. The van der Waals surface area contributed by atoms with Gasteiger partial charge in [0.2, 0.25) is 5.95 Å². The lowest BCUT2D eigenvalue weighted by Crippen LogP contribution is -2.43. The van der Waals surface area contributed by atoms with Crippen LogP contribution in [0.1, 0.15) is 18.4 Å². The molecule has 4 rings (SSSR count). The zero-order valence-electron chi connectivity index (χ0n) is 15.9. The lowest BCUT2D eigenvalue weighted by molar-refractivity contribution is -0.137. The number of hydrogen-bond acceptors (Lipinski definition) is 7. The Balaban J connectivity index is 1.40. The number of hydrogen-bond donors (Lipinski definition) is 1. The van der Waals surface area contributed by atoms with Crippen LogP contribution in [0.15, 0.2) is 30.6 Å². The number of nitrogens with zero attached hydrogens (tertiary/aromatic N) is 5. The van der Waals surface area contributed by atoms with Crippen LogP contribution in [0, 0.1) is 0 Å². The Bertz CT molecular complexity index is 810. The molecule has 156 valence electrons. The maximum absolute atomic E-state index is 12.7. The van der Waals surface area contributed by atoms with Gasteiger partial charge in [0.1, 0.15) is 11.6 Å². The highest BCUT2D eigenvalue weighted by Gasteiger charge is 2.31. The van der Waals surface area contributed by atoms with Gasteiger partial charge in [-0.25, -0.2) is 9.97 Å². The van der Waals surface area contributed by atoms with E-state index in [4.69, 9.17) is 4.74 Å². The van der Waals surface area contributed by atoms with Gasteiger partial charge in [0.25, 0.3) is 0 Å². The van der Waals surface area contributed by atoms with Crippen LogP contribution in [0.2, 0.25) is 0 Å². The zero-order chi connectivity index (χ0) is 20.3. The molecule has 0 bridgehead atoms. The van der Waals surface area contributed by atoms with Crippen LogP contribution in [0.5, 0.6) is 0 Å². The van der Waals surface area contributed by atoms with Crippen molar-refractivity contribution < 1.29 is 17.9 Å². The molecule has 2 aromatic heterocycles. The summed E-state index contributed by atoms with van der Waals surface area (Å²) in [5, 5.41) is 3.44. The molecule has 10 heteroatoms. The van der Waals surface area contributed by atoms with Crippen molar-refractivity contribution in [3.8, 4) is 0 Å². The summed E-state index contributed by atoms with van der Waals surface area (Å²) in [5.41, 5.74) is -0.732. The molecule has 2 aliphatic rings. The van der Waals surface area contributed by atoms with Crippen LogP contribution in [0.3, 0.4) is 0 Å². The predicted molar refractivity (Wildman–Crippen MR) is 103 cm³/mol. The van der Waals surface area contributed by atoms with E-state index in [1.807, 2.05) is 11.0 Å². The topological polar surface area (TPSA) is 66.4 Å². The first-order chi connectivity index (χ1) is 14.0. The molecule has 2 aromatic rings. The van der Waals surface area contributed by atoms with Crippen molar-refractivity contribution in [2.45, 2.75) is 25.1 Å². The summed E-state index contributed by atoms with van der Waals surface area (Å²) in [6.45, 7) is 4.27. The molecule has 2 fully saturated rings. The van der Waals surface area contributed by atoms with Crippen molar-refractivity contribution in [3.63, 3.8) is 0 Å². The number of piperidine rings is 1. The minimum absolute atomic E-state index is 0.125. The summed E-state index contributed by atoms with van der Waals surface area (Å²) < 4.78 is 43.6. The van der Waals surface area contributed by atoms with Crippen molar-refractivity contribution in [2.75, 3.05) is 54.5 Å². The molecular formula is C19H23F3N6O. The molecule has 0 saturated carbocycles. The SMILES string of the molecule is FC(F)(F)c1ccc(N2CCCC(Nc3ccnc(N4CCOCC4)n3)C2)nc1. The molecule has 0 radical (unpaired) electrons. The van der Waals surface area contributed by atoms with Crippen molar-refractivity contribution >= 4 is 17.6 Å². The number of ether oxygens (including phenoxy) is 1. The molecule has 4 heterocycles. The molecule has 0 aromatic carbocycles. The van der Waals surface area contributed by atoms with Gasteiger partial charge < -0.3 is 19.9 Å². The smallest absolute Gasteiger partial charge is 0.378 e. The quantitative estimate of drug-likeness (QED) is 0.835. The van der Waals surface area contributed by atoms with E-state index in [-0.39, 0.29) is 6.04 Å². The monoisotopic (exact) mass is 408 g/mol. The van der Waals surface area contributed by atoms with Crippen LogP contribution in [-0.4, -0.2) is 60.4 Å². The lowest BCUT2D eigenvalue weighted by Gasteiger charge is -2.34. The van der Waals surface area contributed by atoms with Crippen molar-refractivity contribution in [2.24, 2.45) is 0 Å². The van der Waals surface area contributed by atoms with E-state index >= 15 is 0 Å². The molecule has 1 unspecified atom stereocenters. The summed E-state index contributed by atoms with van der Waals surface area (Å²) >= 11 is 0. The van der Waals surface area contributed by atoms with Gasteiger partial charge in [0.05, 0.1) is 18.8 Å². The van der Waals surface area contributed by atoms with Gasteiger partial charge in [-0.15, -0.1) is 0 Å². The third kappa shape index (κ3) is 4.87. The first-order valence-electron chi connectivity index (χ1n) is 9.69. The summed E-state index contributed by atoms with van der Waals surface area (Å²) in [6, 6.07) is 4.48. The molecule has 2 saturated heterocycles. The molecule has 0 spiro atoms. The Kier molecular flexibility index (Phi) is 5.70. The second-order valence-electron chi connectivity index (χ2n) is 7.17. The summed E-state index contributed by atoms with van der Waals surface area (Å²) in [5.74, 6) is 1.98. The van der Waals surface area contributed by atoms with Crippen LogP contribution < -0.4 is 15.1 Å². The van der Waals surface area contributed by atoms with E-state index in [1.54, 1.807) is 6.20 Å². The number of rotatable bonds is 4. The Morgan fingerprint density at radius 2 is 1.86 bits per heavy atom. The number of aromatic nitrogens is 3. The van der Waals surface area contributed by atoms with Gasteiger partial charge in [0, 0.05) is 44.6 Å². The number of halogens is 3. The van der Waals surface area contributed by atoms with Crippen LogP contribution >= 0.6 is 0 Å². The third-order valence-electron chi connectivity index (χ3n) is 5.11. The van der Waals surface area contributed by atoms with Gasteiger partial charge in [-0.1, -0.05) is 0 Å². The molecule has 1 atom stereocenters. The normalized spacial score (nSPS) is 20.6. The maximum Gasteiger partial charge on any atom is 0.417 e. The van der Waals surface area contributed by atoms with Gasteiger partial charge >= 0.3 is 6.18 Å². The fourth-order valence-corrected chi connectivity index (χ4v) is 3.60. The van der Waals surface area contributed by atoms with E-state index in [0.29, 0.717) is 31.5 Å². The highest BCUT2D eigenvalue weighted by Crippen LogP contribution is 2.30. The number of alkyl halides is 3. The summed E-state index contributed by atoms with van der Waals surface area (Å²) in [7, 11) is 0. The summed E-state index contributed by atoms with van der Waals surface area (Å²) in [6.07, 6.45) is 0.127. The Morgan fingerprint density at radius 1 is 1.03 bits per heavy atom. The van der Waals surface area contributed by atoms with Crippen LogP contribution in [-0.2, 0) is 10.9 Å². The van der Waals surface area contributed by atoms with Gasteiger partial charge in [-0.2, -0.15) is 18.2 Å². The highest BCUT2D eigenvalue weighted by molar-refractivity contribution is 5.45. The molecular weight excluding hydrogens is 385 g/mol. The van der Waals surface area contributed by atoms with E-state index < -0.39 is 11.7 Å². The van der Waals surface area contributed by atoms with Gasteiger partial charge in [-0.3, -0.25) is 0 Å². The van der Waals surface area contributed by atoms with E-state index in [2.05, 4.69) is 25.2 Å². The van der Waals surface area contributed by atoms with E-state index in [9.17, 15) is 13.2 Å². The lowest BCUT2D eigenvalue weighted by atomic mass is 10.1. The second-order valence-corrected chi connectivity index (χ2v) is 7.17. The third-order valence-corrected chi connectivity index (χ3v) is 5.11. The second kappa shape index (κ2) is 8.40. The Morgan fingerprint density at radius 3 is 2.59 bits per heavy atom. The average molecular weight is 408 g/mol. The molecule has 29 heavy (non-hydrogen) atoms. The number of pyridine rings is 1.